The molecule has 4 nitrogen and oxygen atoms in total. The van der Waals surface area contributed by atoms with Gasteiger partial charge >= 0.3 is 0 Å². The maximum absolute atomic E-state index is 4.79. The van der Waals surface area contributed by atoms with E-state index < -0.39 is 0 Å². The van der Waals surface area contributed by atoms with Crippen molar-refractivity contribution in [2.45, 2.75) is 36.1 Å². The number of rotatable bonds is 1. The molecule has 1 fully saturated rings. The number of hydrogen-bond acceptors (Lipinski definition) is 4. The fraction of sp³-hybridized carbons (Fsp3) is 0.357. The molecule has 2 aliphatic rings. The first kappa shape index (κ1) is 11.2. The highest BCUT2D eigenvalue weighted by molar-refractivity contribution is 8.00. The second-order valence-corrected chi connectivity index (χ2v) is 6.10. The molecule has 1 atom stereocenters. The number of hydrogen-bond donors (Lipinski definition) is 0. The van der Waals surface area contributed by atoms with Gasteiger partial charge < -0.3 is 0 Å². The summed E-state index contributed by atoms with van der Waals surface area (Å²) in [5.41, 5.74) is 2.38. The lowest BCUT2D eigenvalue weighted by atomic mass is 9.98. The predicted molar refractivity (Wildman–Crippen MR) is 76.4 cm³/mol. The van der Waals surface area contributed by atoms with E-state index in [1.807, 2.05) is 34.6 Å². The molecular formula is C14H14N4S. The van der Waals surface area contributed by atoms with Gasteiger partial charge in [0.2, 0.25) is 5.16 Å². The number of thioether (sulfide) groups is 1. The molecule has 96 valence electrons. The van der Waals surface area contributed by atoms with Crippen LogP contribution < -0.4 is 0 Å². The molecule has 1 saturated carbocycles. The van der Waals surface area contributed by atoms with Crippen LogP contribution in [0.5, 0.6) is 0 Å². The normalized spacial score (nSPS) is 21.5. The summed E-state index contributed by atoms with van der Waals surface area (Å²) in [6, 6.07) is 10.1. The quantitative estimate of drug-likeness (QED) is 0.799. The molecule has 0 unspecified atom stereocenters. The van der Waals surface area contributed by atoms with E-state index in [1.54, 1.807) is 0 Å². The zero-order valence-electron chi connectivity index (χ0n) is 10.5. The first-order valence-corrected chi connectivity index (χ1v) is 7.55. The van der Waals surface area contributed by atoms with E-state index in [9.17, 15) is 0 Å². The largest absolute Gasteiger partial charge is 0.213 e. The number of benzene rings is 1. The second-order valence-electron chi connectivity index (χ2n) is 4.93. The maximum atomic E-state index is 4.79. The molecule has 0 N–H and O–H groups in total. The average molecular weight is 270 g/mol. The van der Waals surface area contributed by atoms with Crippen LogP contribution in [0.25, 0.3) is 11.4 Å². The van der Waals surface area contributed by atoms with E-state index in [1.165, 1.54) is 25.0 Å². The lowest BCUT2D eigenvalue weighted by Crippen LogP contribution is -2.26. The molecule has 5 heteroatoms. The Morgan fingerprint density at radius 3 is 2.89 bits per heavy atom. The zero-order valence-corrected chi connectivity index (χ0v) is 11.3. The Hall–Kier alpha value is -1.62. The van der Waals surface area contributed by atoms with Crippen LogP contribution in [0.1, 0.15) is 25.7 Å². The smallest absolute Gasteiger partial charge is 0.187 e. The number of fused-ring (bicyclic) bond motifs is 2. The highest BCUT2D eigenvalue weighted by atomic mass is 32.2. The summed E-state index contributed by atoms with van der Waals surface area (Å²) in [5, 5.41) is 14.8. The highest BCUT2D eigenvalue weighted by Gasteiger charge is 2.29. The Balaban J connectivity index is 1.80. The van der Waals surface area contributed by atoms with Crippen LogP contribution in [0.2, 0.25) is 0 Å². The van der Waals surface area contributed by atoms with E-state index >= 15 is 0 Å². The molecule has 0 spiro atoms. The lowest BCUT2D eigenvalue weighted by molar-refractivity contribution is 0.642. The summed E-state index contributed by atoms with van der Waals surface area (Å²) >= 11 is 1.81. The van der Waals surface area contributed by atoms with E-state index in [-0.39, 0.29) is 0 Å². The predicted octanol–water partition coefficient (Wildman–Crippen LogP) is 3.20. The van der Waals surface area contributed by atoms with Gasteiger partial charge in [0.05, 0.1) is 11.0 Å². The van der Waals surface area contributed by atoms with Gasteiger partial charge in [-0.05, 0) is 19.3 Å². The van der Waals surface area contributed by atoms with Gasteiger partial charge in [-0.25, -0.2) is 0 Å². The fourth-order valence-electron chi connectivity index (χ4n) is 2.66. The van der Waals surface area contributed by atoms with E-state index in [0.29, 0.717) is 5.25 Å². The molecule has 1 aromatic heterocycles. The molecule has 2 heterocycles. The SMILES string of the molecule is c1ccc(-c2nnc3n2N=C2CCCC[C@@H]2S3)cc1. The molecule has 2 aromatic rings. The third-order valence-electron chi connectivity index (χ3n) is 3.64. The molecule has 4 rings (SSSR count). The molecule has 0 radical (unpaired) electrons. The summed E-state index contributed by atoms with van der Waals surface area (Å²) in [6.45, 7) is 0. The Morgan fingerprint density at radius 1 is 1.11 bits per heavy atom. The Morgan fingerprint density at radius 2 is 2.00 bits per heavy atom. The van der Waals surface area contributed by atoms with Crippen molar-refractivity contribution in [1.29, 1.82) is 0 Å². The van der Waals surface area contributed by atoms with Crippen molar-refractivity contribution in [1.82, 2.24) is 14.9 Å². The lowest BCUT2D eigenvalue weighted by Gasteiger charge is -2.26. The first-order chi connectivity index (χ1) is 9.42. The summed E-state index contributed by atoms with van der Waals surface area (Å²) < 4.78 is 1.91. The van der Waals surface area contributed by atoms with Crippen LogP contribution >= 0.6 is 11.8 Å². The molecule has 1 aromatic carbocycles. The van der Waals surface area contributed by atoms with Gasteiger partial charge in [-0.15, -0.1) is 10.2 Å². The minimum atomic E-state index is 0.522. The van der Waals surface area contributed by atoms with Crippen LogP contribution in [0.15, 0.2) is 40.6 Å². The standard InChI is InChI=1S/C14H14N4S/c1-2-6-10(7-3-1)13-15-16-14-18(13)17-11-8-4-5-9-12(11)19-14/h1-3,6-7,12H,4-5,8-9H2/t12-/m0/s1. The average Bonchev–Trinajstić information content (AvgIpc) is 2.88. The third kappa shape index (κ3) is 1.89. The molecule has 0 bridgehead atoms. The Labute approximate surface area is 115 Å². The van der Waals surface area contributed by atoms with Crippen molar-refractivity contribution in [3.63, 3.8) is 0 Å². The van der Waals surface area contributed by atoms with Gasteiger partial charge in [-0.3, -0.25) is 0 Å². The zero-order chi connectivity index (χ0) is 12.7. The summed E-state index contributed by atoms with van der Waals surface area (Å²) in [4.78, 5) is 0. The Bertz CT molecular complexity index is 632. The van der Waals surface area contributed by atoms with Crippen molar-refractivity contribution >= 4 is 17.5 Å². The van der Waals surface area contributed by atoms with E-state index in [4.69, 9.17) is 5.10 Å². The summed E-state index contributed by atoms with van der Waals surface area (Å²) in [7, 11) is 0. The van der Waals surface area contributed by atoms with Gasteiger partial charge in [-0.2, -0.15) is 9.78 Å². The van der Waals surface area contributed by atoms with Crippen molar-refractivity contribution in [3.8, 4) is 11.4 Å². The van der Waals surface area contributed by atoms with Gasteiger partial charge in [-0.1, -0.05) is 48.5 Å². The molecule has 0 amide bonds. The van der Waals surface area contributed by atoms with Gasteiger partial charge in [0.1, 0.15) is 0 Å². The minimum absolute atomic E-state index is 0.522. The maximum Gasteiger partial charge on any atom is 0.213 e. The number of nitrogens with zero attached hydrogens (tertiary/aromatic N) is 4. The molecular weight excluding hydrogens is 256 g/mol. The summed E-state index contributed by atoms with van der Waals surface area (Å²) in [5.74, 6) is 0.847. The topological polar surface area (TPSA) is 43.1 Å². The highest BCUT2D eigenvalue weighted by Crippen LogP contribution is 2.36. The molecule has 0 saturated heterocycles. The van der Waals surface area contributed by atoms with Crippen molar-refractivity contribution in [3.05, 3.63) is 30.3 Å². The van der Waals surface area contributed by atoms with Crippen molar-refractivity contribution in [2.75, 3.05) is 0 Å². The second kappa shape index (κ2) is 4.49. The molecule has 1 aliphatic carbocycles. The van der Waals surface area contributed by atoms with Crippen LogP contribution in [0, 0.1) is 0 Å². The van der Waals surface area contributed by atoms with Crippen molar-refractivity contribution in [2.24, 2.45) is 5.10 Å². The minimum Gasteiger partial charge on any atom is -0.187 e. The Kier molecular flexibility index (Phi) is 2.65. The fourth-order valence-corrected chi connectivity index (χ4v) is 3.81. The van der Waals surface area contributed by atoms with Crippen LogP contribution in [0.3, 0.4) is 0 Å². The first-order valence-electron chi connectivity index (χ1n) is 6.67. The third-order valence-corrected chi connectivity index (χ3v) is 4.90. The summed E-state index contributed by atoms with van der Waals surface area (Å²) in [6.07, 6.45) is 4.89. The van der Waals surface area contributed by atoms with Gasteiger partial charge in [0.15, 0.2) is 5.82 Å². The van der Waals surface area contributed by atoms with E-state index in [0.717, 1.165) is 23.0 Å². The van der Waals surface area contributed by atoms with Crippen LogP contribution in [-0.2, 0) is 0 Å². The molecule has 19 heavy (non-hydrogen) atoms. The van der Waals surface area contributed by atoms with Gasteiger partial charge in [0, 0.05) is 5.56 Å². The van der Waals surface area contributed by atoms with Gasteiger partial charge in [0.25, 0.3) is 0 Å². The monoisotopic (exact) mass is 270 g/mol. The van der Waals surface area contributed by atoms with Crippen molar-refractivity contribution < 1.29 is 0 Å². The molecule has 1 aliphatic heterocycles. The van der Waals surface area contributed by atoms with Crippen LogP contribution in [0.4, 0.5) is 0 Å². The number of aromatic nitrogens is 3. The van der Waals surface area contributed by atoms with E-state index in [2.05, 4.69) is 22.3 Å². The van der Waals surface area contributed by atoms with Crippen LogP contribution in [-0.4, -0.2) is 25.8 Å².